The highest BCUT2D eigenvalue weighted by atomic mass is 16.6. The normalized spacial score (nSPS) is 20.2. The van der Waals surface area contributed by atoms with Gasteiger partial charge in [-0.1, -0.05) is 30.3 Å². The maximum atomic E-state index is 12.6. The minimum atomic E-state index is -0.869. The highest BCUT2D eigenvalue weighted by Crippen LogP contribution is 2.33. The lowest BCUT2D eigenvalue weighted by atomic mass is 9.91. The largest absolute Gasteiger partial charge is 0.299 e. The molecule has 1 saturated heterocycles. The van der Waals surface area contributed by atoms with Crippen molar-refractivity contribution in [2.75, 3.05) is 5.01 Å². The highest BCUT2D eigenvalue weighted by molar-refractivity contribution is 6.09. The highest BCUT2D eigenvalue weighted by Gasteiger charge is 2.44. The number of Topliss-reactive ketones (excluding diaryl/α,β-unsaturated/α-hetero) is 1. The van der Waals surface area contributed by atoms with Crippen LogP contribution in [0.25, 0.3) is 0 Å². The van der Waals surface area contributed by atoms with Gasteiger partial charge in [-0.25, -0.2) is 10.4 Å². The van der Waals surface area contributed by atoms with Crippen LogP contribution in [0.2, 0.25) is 0 Å². The van der Waals surface area contributed by atoms with Gasteiger partial charge >= 0.3 is 0 Å². The maximum Gasteiger partial charge on any atom is 0.269 e. The molecule has 3 rings (SSSR count). The monoisotopic (exact) mass is 325 g/mol. The zero-order chi connectivity index (χ0) is 17.3. The molecule has 0 aromatic heterocycles. The van der Waals surface area contributed by atoms with Crippen LogP contribution in [0.4, 0.5) is 11.4 Å². The Kier molecular flexibility index (Phi) is 4.09. The number of anilines is 1. The summed E-state index contributed by atoms with van der Waals surface area (Å²) in [6, 6.07) is 14.3. The summed E-state index contributed by atoms with van der Waals surface area (Å²) in [5.74, 6) is -1.46. The molecular weight excluding hydrogens is 310 g/mol. The number of hydrogen-bond acceptors (Lipinski definition) is 5. The van der Waals surface area contributed by atoms with Crippen LogP contribution in [0.1, 0.15) is 18.5 Å². The van der Waals surface area contributed by atoms with Crippen LogP contribution in [0.3, 0.4) is 0 Å². The van der Waals surface area contributed by atoms with Crippen molar-refractivity contribution in [2.24, 2.45) is 5.92 Å². The van der Waals surface area contributed by atoms with Crippen LogP contribution in [-0.2, 0) is 9.59 Å². The summed E-state index contributed by atoms with van der Waals surface area (Å²) in [6.45, 7) is 1.37. The number of hydrogen-bond donors (Lipinski definition) is 1. The van der Waals surface area contributed by atoms with Gasteiger partial charge in [-0.2, -0.15) is 0 Å². The van der Waals surface area contributed by atoms with Gasteiger partial charge in [-0.05, 0) is 24.6 Å². The molecule has 1 amide bonds. The summed E-state index contributed by atoms with van der Waals surface area (Å²) in [5, 5.41) is 12.1. The molecule has 0 spiro atoms. The first-order valence-corrected chi connectivity index (χ1v) is 7.39. The number of nitro benzene ring substituents is 1. The van der Waals surface area contributed by atoms with E-state index < -0.39 is 16.9 Å². The maximum absolute atomic E-state index is 12.6. The molecule has 1 N–H and O–H groups in total. The minimum Gasteiger partial charge on any atom is -0.299 e. The molecule has 24 heavy (non-hydrogen) atoms. The van der Waals surface area contributed by atoms with E-state index in [2.05, 4.69) is 5.43 Å². The summed E-state index contributed by atoms with van der Waals surface area (Å²) < 4.78 is 0. The summed E-state index contributed by atoms with van der Waals surface area (Å²) in [4.78, 5) is 34.9. The SMILES string of the molecule is CC(=O)[C@H]1C(=O)N(c2ccccc2)N[C@@H]1c1ccc([N+](=O)[O-])cc1. The van der Waals surface area contributed by atoms with E-state index >= 15 is 0 Å². The number of hydrazine groups is 1. The van der Waals surface area contributed by atoms with E-state index in [1.807, 2.05) is 6.07 Å². The van der Waals surface area contributed by atoms with E-state index in [0.29, 0.717) is 11.3 Å². The number of amides is 1. The topological polar surface area (TPSA) is 92.6 Å². The number of carbonyl (C=O) groups excluding carboxylic acids is 2. The lowest BCUT2D eigenvalue weighted by Crippen LogP contribution is -2.35. The van der Waals surface area contributed by atoms with Gasteiger partial charge in [0.2, 0.25) is 0 Å². The van der Waals surface area contributed by atoms with Gasteiger partial charge < -0.3 is 0 Å². The number of carbonyl (C=O) groups is 2. The number of nitro groups is 1. The number of non-ortho nitro benzene ring substituents is 1. The summed E-state index contributed by atoms with van der Waals surface area (Å²) in [5.41, 5.74) is 4.29. The molecule has 1 heterocycles. The van der Waals surface area contributed by atoms with E-state index in [-0.39, 0.29) is 17.4 Å². The summed E-state index contributed by atoms with van der Waals surface area (Å²) in [6.07, 6.45) is 0. The van der Waals surface area contributed by atoms with E-state index in [9.17, 15) is 19.7 Å². The Balaban J connectivity index is 1.95. The molecule has 0 bridgehead atoms. The Morgan fingerprint density at radius 1 is 1.12 bits per heavy atom. The van der Waals surface area contributed by atoms with Crippen LogP contribution < -0.4 is 10.4 Å². The van der Waals surface area contributed by atoms with Gasteiger partial charge in [-0.15, -0.1) is 0 Å². The number of para-hydroxylation sites is 1. The predicted molar refractivity (Wildman–Crippen MR) is 87.1 cm³/mol. The molecule has 1 aliphatic heterocycles. The Labute approximate surface area is 138 Å². The van der Waals surface area contributed by atoms with Crippen LogP contribution >= 0.6 is 0 Å². The average Bonchev–Trinajstić information content (AvgIpc) is 2.93. The zero-order valence-corrected chi connectivity index (χ0v) is 12.9. The van der Waals surface area contributed by atoms with E-state index in [4.69, 9.17) is 0 Å². The Morgan fingerprint density at radius 2 is 1.75 bits per heavy atom. The molecule has 0 saturated carbocycles. The van der Waals surface area contributed by atoms with Crippen LogP contribution in [-0.4, -0.2) is 16.6 Å². The van der Waals surface area contributed by atoms with Crippen molar-refractivity contribution in [1.29, 1.82) is 0 Å². The fraction of sp³-hybridized carbons (Fsp3) is 0.176. The molecule has 1 aliphatic rings. The molecule has 0 radical (unpaired) electrons. The fourth-order valence-electron chi connectivity index (χ4n) is 2.82. The third kappa shape index (κ3) is 2.77. The number of benzene rings is 2. The van der Waals surface area contributed by atoms with Crippen molar-refractivity contribution < 1.29 is 14.5 Å². The number of rotatable bonds is 4. The van der Waals surface area contributed by atoms with Crippen molar-refractivity contribution >= 4 is 23.1 Å². The fourth-order valence-corrected chi connectivity index (χ4v) is 2.82. The molecule has 0 unspecified atom stereocenters. The minimum absolute atomic E-state index is 0.0395. The number of nitrogens with one attached hydrogen (secondary N) is 1. The molecule has 7 nitrogen and oxygen atoms in total. The van der Waals surface area contributed by atoms with E-state index in [1.54, 1.807) is 36.4 Å². The first-order valence-electron chi connectivity index (χ1n) is 7.39. The molecule has 1 fully saturated rings. The second-order valence-corrected chi connectivity index (χ2v) is 5.55. The van der Waals surface area contributed by atoms with Crippen LogP contribution in [0, 0.1) is 16.0 Å². The predicted octanol–water partition coefficient (Wildman–Crippen LogP) is 2.39. The Morgan fingerprint density at radius 3 is 2.29 bits per heavy atom. The van der Waals surface area contributed by atoms with E-state index in [0.717, 1.165) is 0 Å². The smallest absolute Gasteiger partial charge is 0.269 e. The van der Waals surface area contributed by atoms with Crippen molar-refractivity contribution in [3.63, 3.8) is 0 Å². The quantitative estimate of drug-likeness (QED) is 0.529. The molecule has 2 aromatic rings. The molecule has 7 heteroatoms. The standard InChI is InChI=1S/C17H15N3O4/c1-11(21)15-16(12-7-9-14(10-8-12)20(23)24)18-19(17(15)22)13-5-3-2-4-6-13/h2-10,15-16,18H,1H3/t15-,16-/m1/s1. The van der Waals surface area contributed by atoms with Crippen LogP contribution in [0.15, 0.2) is 54.6 Å². The molecule has 122 valence electrons. The van der Waals surface area contributed by atoms with E-state index in [1.165, 1.54) is 24.1 Å². The van der Waals surface area contributed by atoms with Crippen molar-refractivity contribution in [3.8, 4) is 0 Å². The third-order valence-corrected chi connectivity index (χ3v) is 4.00. The second-order valence-electron chi connectivity index (χ2n) is 5.55. The Bertz CT molecular complexity index is 789. The van der Waals surface area contributed by atoms with Gasteiger partial charge in [0.15, 0.2) is 0 Å². The molecular formula is C17H15N3O4. The molecule has 0 aliphatic carbocycles. The van der Waals surface area contributed by atoms with Crippen molar-refractivity contribution in [3.05, 3.63) is 70.3 Å². The molecule has 2 aromatic carbocycles. The summed E-state index contributed by atoms with van der Waals surface area (Å²) in [7, 11) is 0. The first kappa shape index (κ1) is 15.8. The lowest BCUT2D eigenvalue weighted by Gasteiger charge is -2.18. The zero-order valence-electron chi connectivity index (χ0n) is 12.9. The van der Waals surface area contributed by atoms with Gasteiger partial charge in [0.25, 0.3) is 11.6 Å². The number of ketones is 1. The lowest BCUT2D eigenvalue weighted by molar-refractivity contribution is -0.384. The molecule has 2 atom stereocenters. The first-order chi connectivity index (χ1) is 11.5. The van der Waals surface area contributed by atoms with Gasteiger partial charge in [0.1, 0.15) is 11.7 Å². The van der Waals surface area contributed by atoms with Gasteiger partial charge in [0.05, 0.1) is 16.7 Å². The summed E-state index contributed by atoms with van der Waals surface area (Å²) >= 11 is 0. The third-order valence-electron chi connectivity index (χ3n) is 4.00. The van der Waals surface area contributed by atoms with Crippen LogP contribution in [0.5, 0.6) is 0 Å². The van der Waals surface area contributed by atoms with Gasteiger partial charge in [0, 0.05) is 12.1 Å². The second kappa shape index (κ2) is 6.21. The van der Waals surface area contributed by atoms with Crippen molar-refractivity contribution in [2.45, 2.75) is 13.0 Å². The Hall–Kier alpha value is -3.06. The van der Waals surface area contributed by atoms with Gasteiger partial charge in [-0.3, -0.25) is 19.7 Å². The van der Waals surface area contributed by atoms with Crippen molar-refractivity contribution in [1.82, 2.24) is 5.43 Å². The number of nitrogens with zero attached hydrogens (tertiary/aromatic N) is 2. The average molecular weight is 325 g/mol.